The Kier molecular flexibility index (Phi) is 6.37. The fraction of sp³-hybridized carbons (Fsp3) is 0.120. The maximum Gasteiger partial charge on any atom is 0.341 e. The van der Waals surface area contributed by atoms with Gasteiger partial charge in [-0.2, -0.15) is 5.10 Å². The minimum atomic E-state index is -1.06. The summed E-state index contributed by atoms with van der Waals surface area (Å²) in [5.74, 6) is -0.977. The number of aromatic nitrogens is 2. The minimum Gasteiger partial charge on any atom is -0.481 e. The summed E-state index contributed by atoms with van der Waals surface area (Å²) < 4.78 is 22.2. The maximum absolute atomic E-state index is 14.0. The summed E-state index contributed by atoms with van der Waals surface area (Å²) >= 11 is 3.54. The van der Waals surface area contributed by atoms with Gasteiger partial charge < -0.3 is 9.84 Å². The van der Waals surface area contributed by atoms with Gasteiger partial charge in [0, 0.05) is 15.6 Å². The molecule has 1 heterocycles. The van der Waals surface area contributed by atoms with E-state index in [0.29, 0.717) is 29.1 Å². The van der Waals surface area contributed by atoms with Crippen molar-refractivity contribution in [3.63, 3.8) is 0 Å². The van der Waals surface area contributed by atoms with Crippen LogP contribution in [0.25, 0.3) is 22.5 Å². The van der Waals surface area contributed by atoms with E-state index in [4.69, 9.17) is 14.9 Å². The molecule has 4 rings (SSSR count). The first-order valence-electron chi connectivity index (χ1n) is 9.93. The van der Waals surface area contributed by atoms with E-state index in [0.717, 1.165) is 21.3 Å². The number of ether oxygens (including phenoxy) is 1. The van der Waals surface area contributed by atoms with E-state index < -0.39 is 12.6 Å². The second-order valence-corrected chi connectivity index (χ2v) is 8.20. The Morgan fingerprint density at radius 3 is 2.59 bits per heavy atom. The highest BCUT2D eigenvalue weighted by Gasteiger charge is 2.18. The van der Waals surface area contributed by atoms with Gasteiger partial charge in [0.15, 0.2) is 6.61 Å². The second-order valence-electron chi connectivity index (χ2n) is 7.35. The molecule has 5 nitrogen and oxygen atoms in total. The average Bonchev–Trinajstić information content (AvgIpc) is 3.18. The first-order chi connectivity index (χ1) is 15.4. The number of aliphatic carboxylic acids is 1. The summed E-state index contributed by atoms with van der Waals surface area (Å²) in [6.07, 6.45) is 0. The van der Waals surface area contributed by atoms with Crippen molar-refractivity contribution in [2.45, 2.75) is 13.5 Å². The second kappa shape index (κ2) is 9.36. The Morgan fingerprint density at radius 1 is 1.09 bits per heavy atom. The number of benzene rings is 3. The predicted octanol–water partition coefficient (Wildman–Crippen LogP) is 5.94. The molecule has 4 aromatic rings. The summed E-state index contributed by atoms with van der Waals surface area (Å²) in [4.78, 5) is 11.1. The van der Waals surface area contributed by atoms with Gasteiger partial charge in [-0.05, 0) is 48.4 Å². The van der Waals surface area contributed by atoms with Crippen LogP contribution < -0.4 is 4.74 Å². The fourth-order valence-corrected chi connectivity index (χ4v) is 3.76. The summed E-state index contributed by atoms with van der Waals surface area (Å²) in [6.45, 7) is 1.92. The third kappa shape index (κ3) is 4.89. The molecule has 0 spiro atoms. The highest BCUT2D eigenvalue weighted by molar-refractivity contribution is 9.10. The van der Waals surface area contributed by atoms with Crippen molar-refractivity contribution in [2.24, 2.45) is 0 Å². The lowest BCUT2D eigenvalue weighted by Crippen LogP contribution is -2.10. The number of rotatable bonds is 7. The average molecular weight is 495 g/mol. The van der Waals surface area contributed by atoms with Crippen LogP contribution in [0.3, 0.4) is 0 Å². The molecule has 0 aliphatic rings. The van der Waals surface area contributed by atoms with E-state index >= 15 is 0 Å². The zero-order valence-corrected chi connectivity index (χ0v) is 18.8. The van der Waals surface area contributed by atoms with Crippen LogP contribution in [0, 0.1) is 12.7 Å². The molecule has 162 valence electrons. The molecular weight excluding hydrogens is 475 g/mol. The monoisotopic (exact) mass is 494 g/mol. The van der Waals surface area contributed by atoms with Gasteiger partial charge in [-0.25, -0.2) is 9.18 Å². The Hall–Kier alpha value is -3.45. The van der Waals surface area contributed by atoms with E-state index in [-0.39, 0.29) is 5.82 Å². The molecule has 0 saturated heterocycles. The van der Waals surface area contributed by atoms with Crippen molar-refractivity contribution < 1.29 is 19.0 Å². The number of carbonyl (C=O) groups is 1. The van der Waals surface area contributed by atoms with E-state index in [1.165, 1.54) is 12.1 Å². The number of carboxylic acids is 1. The van der Waals surface area contributed by atoms with Crippen LogP contribution in [0.15, 0.2) is 77.3 Å². The molecule has 0 aliphatic heterocycles. The Labute approximate surface area is 193 Å². The molecular formula is C25H20BrFN2O3. The van der Waals surface area contributed by atoms with Gasteiger partial charge in [0.2, 0.25) is 0 Å². The van der Waals surface area contributed by atoms with Crippen molar-refractivity contribution >= 4 is 21.9 Å². The Morgan fingerprint density at radius 2 is 1.88 bits per heavy atom. The first kappa shape index (κ1) is 21.8. The number of hydrogen-bond acceptors (Lipinski definition) is 3. The molecule has 1 aromatic heterocycles. The van der Waals surface area contributed by atoms with Crippen LogP contribution in [-0.2, 0) is 11.3 Å². The molecule has 0 fully saturated rings. The summed E-state index contributed by atoms with van der Waals surface area (Å²) in [7, 11) is 0. The number of aryl methyl sites for hydroxylation is 1. The lowest BCUT2D eigenvalue weighted by molar-refractivity contribution is -0.139. The standard InChI is InChI=1S/C25H20BrFN2O3/c1-16-10-24(32-15-25(30)31)20(12-21(16)26)22-13-23(18-8-5-9-19(27)11-18)29(28-22)14-17-6-3-2-4-7-17/h2-13H,14-15H2,1H3,(H,30,31). The van der Waals surface area contributed by atoms with Crippen LogP contribution in [-0.4, -0.2) is 27.5 Å². The van der Waals surface area contributed by atoms with Crippen LogP contribution >= 0.6 is 15.9 Å². The van der Waals surface area contributed by atoms with Crippen molar-refractivity contribution in [1.82, 2.24) is 9.78 Å². The largest absolute Gasteiger partial charge is 0.481 e. The van der Waals surface area contributed by atoms with Gasteiger partial charge in [-0.1, -0.05) is 58.4 Å². The van der Waals surface area contributed by atoms with Crippen LogP contribution in [0.5, 0.6) is 5.75 Å². The molecule has 0 atom stereocenters. The number of carboxylic acid groups (broad SMARTS) is 1. The summed E-state index contributed by atoms with van der Waals surface area (Å²) in [5.41, 5.74) is 4.63. The van der Waals surface area contributed by atoms with Crippen molar-refractivity contribution in [3.05, 3.63) is 94.2 Å². The zero-order chi connectivity index (χ0) is 22.7. The van der Waals surface area contributed by atoms with E-state index in [9.17, 15) is 9.18 Å². The first-order valence-corrected chi connectivity index (χ1v) is 10.7. The van der Waals surface area contributed by atoms with Gasteiger partial charge in [0.1, 0.15) is 11.6 Å². The van der Waals surface area contributed by atoms with Crippen LogP contribution in [0.1, 0.15) is 11.1 Å². The molecule has 0 radical (unpaired) electrons. The fourth-order valence-electron chi connectivity index (χ4n) is 3.42. The zero-order valence-electron chi connectivity index (χ0n) is 17.3. The van der Waals surface area contributed by atoms with Crippen LogP contribution in [0.2, 0.25) is 0 Å². The maximum atomic E-state index is 14.0. The van der Waals surface area contributed by atoms with Gasteiger partial charge in [-0.3, -0.25) is 4.68 Å². The predicted molar refractivity (Wildman–Crippen MR) is 124 cm³/mol. The van der Waals surface area contributed by atoms with Gasteiger partial charge >= 0.3 is 5.97 Å². The van der Waals surface area contributed by atoms with Crippen molar-refractivity contribution in [2.75, 3.05) is 6.61 Å². The molecule has 7 heteroatoms. The Bertz CT molecular complexity index is 1270. The number of hydrogen-bond donors (Lipinski definition) is 1. The normalized spacial score (nSPS) is 10.8. The molecule has 0 saturated carbocycles. The quantitative estimate of drug-likeness (QED) is 0.345. The van der Waals surface area contributed by atoms with Gasteiger partial charge in [-0.15, -0.1) is 0 Å². The molecule has 0 aliphatic carbocycles. The summed E-state index contributed by atoms with van der Waals surface area (Å²) in [5, 5.41) is 13.8. The van der Waals surface area contributed by atoms with Crippen LogP contribution in [0.4, 0.5) is 4.39 Å². The molecule has 0 bridgehead atoms. The molecule has 0 amide bonds. The number of nitrogens with zero attached hydrogens (tertiary/aromatic N) is 2. The number of halogens is 2. The molecule has 0 unspecified atom stereocenters. The lowest BCUT2D eigenvalue weighted by Gasteiger charge is -2.11. The van der Waals surface area contributed by atoms with Crippen molar-refractivity contribution in [3.8, 4) is 28.3 Å². The lowest BCUT2D eigenvalue weighted by atomic mass is 10.1. The summed E-state index contributed by atoms with van der Waals surface area (Å²) in [6, 6.07) is 21.7. The smallest absolute Gasteiger partial charge is 0.341 e. The highest BCUT2D eigenvalue weighted by atomic mass is 79.9. The molecule has 1 N–H and O–H groups in total. The van der Waals surface area contributed by atoms with E-state index in [1.807, 2.05) is 60.1 Å². The van der Waals surface area contributed by atoms with Gasteiger partial charge in [0.05, 0.1) is 17.9 Å². The SMILES string of the molecule is Cc1cc(OCC(=O)O)c(-c2cc(-c3cccc(F)c3)n(Cc3ccccc3)n2)cc1Br. The molecule has 32 heavy (non-hydrogen) atoms. The van der Waals surface area contributed by atoms with E-state index in [2.05, 4.69) is 15.9 Å². The molecule has 3 aromatic carbocycles. The highest BCUT2D eigenvalue weighted by Crippen LogP contribution is 2.36. The van der Waals surface area contributed by atoms with E-state index in [1.54, 1.807) is 12.1 Å². The van der Waals surface area contributed by atoms with Crippen molar-refractivity contribution in [1.29, 1.82) is 0 Å². The topological polar surface area (TPSA) is 64.3 Å². The minimum absolute atomic E-state index is 0.333. The Balaban J connectivity index is 1.84. The van der Waals surface area contributed by atoms with Gasteiger partial charge in [0.25, 0.3) is 0 Å². The third-order valence-electron chi connectivity index (χ3n) is 4.96. The third-order valence-corrected chi connectivity index (χ3v) is 5.82.